The third-order valence-electron chi connectivity index (χ3n) is 4.91. The van der Waals surface area contributed by atoms with E-state index >= 15 is 0 Å². The quantitative estimate of drug-likeness (QED) is 0.622. The van der Waals surface area contributed by atoms with Gasteiger partial charge in [-0.05, 0) is 39.2 Å². The van der Waals surface area contributed by atoms with E-state index in [1.807, 2.05) is 39.8 Å². The van der Waals surface area contributed by atoms with Gasteiger partial charge in [0.05, 0.1) is 24.4 Å². The molecule has 3 aliphatic rings. The van der Waals surface area contributed by atoms with Crippen LogP contribution in [-0.2, 0) is 18.8 Å². The monoisotopic (exact) mass is 303 g/mol. The zero-order valence-electron chi connectivity index (χ0n) is 13.7. The van der Waals surface area contributed by atoms with Crippen LogP contribution in [-0.4, -0.2) is 37.4 Å². The van der Waals surface area contributed by atoms with Crippen molar-refractivity contribution in [1.82, 2.24) is 5.32 Å². The van der Waals surface area contributed by atoms with Crippen LogP contribution in [0.5, 0.6) is 0 Å². The summed E-state index contributed by atoms with van der Waals surface area (Å²) >= 11 is 0. The fourth-order valence-electron chi connectivity index (χ4n) is 2.81. The van der Waals surface area contributed by atoms with Crippen molar-refractivity contribution >= 4 is 13.1 Å². The molecule has 0 bridgehead atoms. The Bertz CT molecular complexity index is 575. The van der Waals surface area contributed by atoms with Gasteiger partial charge in [0.15, 0.2) is 0 Å². The Morgan fingerprint density at radius 3 is 2.45 bits per heavy atom. The molecule has 2 heterocycles. The number of nitrogens with one attached hydrogen (secondary N) is 1. The molecule has 2 unspecified atom stereocenters. The highest BCUT2D eigenvalue weighted by Gasteiger charge is 2.52. The average Bonchev–Trinajstić information content (AvgIpc) is 2.96. The molecule has 118 valence electrons. The molecular formula is C16H22BNO4. The minimum absolute atomic E-state index is 0.0353. The fraction of sp³-hybridized carbons (Fsp3) is 0.562. The molecule has 0 aromatic rings. The van der Waals surface area contributed by atoms with Crippen LogP contribution in [0.4, 0.5) is 0 Å². The molecule has 6 heteroatoms. The summed E-state index contributed by atoms with van der Waals surface area (Å²) in [6, 6.07) is 0.0353. The van der Waals surface area contributed by atoms with E-state index in [1.165, 1.54) is 7.11 Å². The van der Waals surface area contributed by atoms with Crippen molar-refractivity contribution in [1.29, 1.82) is 0 Å². The summed E-state index contributed by atoms with van der Waals surface area (Å²) in [6.07, 6.45) is 8.04. The van der Waals surface area contributed by atoms with E-state index in [-0.39, 0.29) is 36.2 Å². The van der Waals surface area contributed by atoms with E-state index in [2.05, 4.69) is 17.5 Å². The lowest BCUT2D eigenvalue weighted by atomic mass is 9.73. The second-order valence-electron chi connectivity index (χ2n) is 6.93. The smallest absolute Gasteiger partial charge is 0.464 e. The molecule has 1 fully saturated rings. The Morgan fingerprint density at radius 2 is 1.86 bits per heavy atom. The first-order chi connectivity index (χ1) is 10.2. The lowest BCUT2D eigenvalue weighted by Crippen LogP contribution is -2.41. The summed E-state index contributed by atoms with van der Waals surface area (Å²) in [5.41, 5.74) is 0.768. The summed E-state index contributed by atoms with van der Waals surface area (Å²) in [6.45, 7) is 8.14. The molecule has 1 aliphatic carbocycles. The molecule has 0 saturated carbocycles. The zero-order chi connectivity index (χ0) is 16.1. The van der Waals surface area contributed by atoms with Gasteiger partial charge in [0.2, 0.25) is 0 Å². The molecule has 22 heavy (non-hydrogen) atoms. The molecule has 1 saturated heterocycles. The summed E-state index contributed by atoms with van der Waals surface area (Å²) in [5.74, 6) is -0.186. The minimum Gasteiger partial charge on any atom is -0.464 e. The van der Waals surface area contributed by atoms with Crippen LogP contribution in [0, 0.1) is 5.92 Å². The molecule has 1 N–H and O–H groups in total. The van der Waals surface area contributed by atoms with Gasteiger partial charge < -0.3 is 19.4 Å². The van der Waals surface area contributed by atoms with Crippen molar-refractivity contribution in [3.05, 3.63) is 35.5 Å². The Balaban J connectivity index is 1.76. The SMILES string of the molecule is COC(=O)C1=CC2C=CC(B3OC(C)(C)C(C)(C)O3)=CC2N1. The predicted molar refractivity (Wildman–Crippen MR) is 83.8 cm³/mol. The molecule has 0 radical (unpaired) electrons. The predicted octanol–water partition coefficient (Wildman–Crippen LogP) is 1.76. The second-order valence-corrected chi connectivity index (χ2v) is 6.93. The average molecular weight is 303 g/mol. The van der Waals surface area contributed by atoms with Crippen molar-refractivity contribution in [3.63, 3.8) is 0 Å². The van der Waals surface area contributed by atoms with Crippen LogP contribution >= 0.6 is 0 Å². The molecule has 3 rings (SSSR count). The first-order valence-electron chi connectivity index (χ1n) is 7.56. The van der Waals surface area contributed by atoms with E-state index in [0.29, 0.717) is 5.70 Å². The van der Waals surface area contributed by atoms with Crippen molar-refractivity contribution in [2.75, 3.05) is 7.11 Å². The van der Waals surface area contributed by atoms with Crippen LogP contribution in [0.2, 0.25) is 0 Å². The summed E-state index contributed by atoms with van der Waals surface area (Å²) in [4.78, 5) is 11.6. The zero-order valence-corrected chi connectivity index (χ0v) is 13.7. The number of allylic oxidation sites excluding steroid dienone is 2. The summed E-state index contributed by atoms with van der Waals surface area (Å²) in [5, 5.41) is 3.19. The Hall–Kier alpha value is -1.53. The van der Waals surface area contributed by atoms with Gasteiger partial charge in [-0.25, -0.2) is 4.79 Å². The van der Waals surface area contributed by atoms with E-state index in [9.17, 15) is 4.79 Å². The maximum absolute atomic E-state index is 11.6. The van der Waals surface area contributed by atoms with Gasteiger partial charge >= 0.3 is 13.1 Å². The number of rotatable bonds is 2. The number of hydrogen-bond donors (Lipinski definition) is 1. The van der Waals surface area contributed by atoms with Gasteiger partial charge in [-0.3, -0.25) is 0 Å². The Kier molecular flexibility index (Phi) is 3.49. The third kappa shape index (κ3) is 2.40. The van der Waals surface area contributed by atoms with Gasteiger partial charge in [0, 0.05) is 5.92 Å². The maximum atomic E-state index is 11.6. The number of ether oxygens (including phenoxy) is 1. The maximum Gasteiger partial charge on any atom is 0.494 e. The fourth-order valence-corrected chi connectivity index (χ4v) is 2.81. The molecule has 0 aromatic heterocycles. The number of fused-ring (bicyclic) bond motifs is 1. The highest BCUT2D eigenvalue weighted by Crippen LogP contribution is 2.40. The van der Waals surface area contributed by atoms with E-state index in [0.717, 1.165) is 5.47 Å². The van der Waals surface area contributed by atoms with E-state index < -0.39 is 0 Å². The van der Waals surface area contributed by atoms with E-state index in [4.69, 9.17) is 14.0 Å². The van der Waals surface area contributed by atoms with Crippen LogP contribution in [0.1, 0.15) is 27.7 Å². The van der Waals surface area contributed by atoms with Crippen LogP contribution in [0.25, 0.3) is 0 Å². The van der Waals surface area contributed by atoms with Crippen molar-refractivity contribution in [3.8, 4) is 0 Å². The van der Waals surface area contributed by atoms with Crippen molar-refractivity contribution in [2.45, 2.75) is 44.9 Å². The molecule has 0 spiro atoms. The molecule has 2 atom stereocenters. The van der Waals surface area contributed by atoms with Gasteiger partial charge in [-0.15, -0.1) is 0 Å². The second kappa shape index (κ2) is 5.00. The summed E-state index contributed by atoms with van der Waals surface area (Å²) in [7, 11) is 1.00. The highest BCUT2D eigenvalue weighted by molar-refractivity contribution is 6.55. The Morgan fingerprint density at radius 1 is 1.23 bits per heavy atom. The number of carbonyl (C=O) groups is 1. The first kappa shape index (κ1) is 15.4. The standard InChI is InChI=1S/C16H22BNO4/c1-15(2)16(3,4)22-17(21-15)11-7-6-10-8-13(14(19)20-5)18-12(10)9-11/h6-10,12,18H,1-5H3. The molecule has 0 amide bonds. The van der Waals surface area contributed by atoms with Crippen LogP contribution in [0.15, 0.2) is 35.5 Å². The third-order valence-corrected chi connectivity index (χ3v) is 4.91. The first-order valence-corrected chi connectivity index (χ1v) is 7.56. The molecule has 2 aliphatic heterocycles. The lowest BCUT2D eigenvalue weighted by molar-refractivity contribution is -0.136. The minimum atomic E-state index is -0.383. The number of carbonyl (C=O) groups excluding carboxylic acids is 1. The molecular weight excluding hydrogens is 281 g/mol. The van der Waals surface area contributed by atoms with Crippen LogP contribution < -0.4 is 5.32 Å². The molecule has 5 nitrogen and oxygen atoms in total. The number of hydrogen-bond acceptors (Lipinski definition) is 5. The van der Waals surface area contributed by atoms with Gasteiger partial charge in [-0.2, -0.15) is 0 Å². The number of esters is 1. The topological polar surface area (TPSA) is 56.8 Å². The van der Waals surface area contributed by atoms with Crippen molar-refractivity contribution in [2.24, 2.45) is 5.92 Å². The molecule has 0 aromatic carbocycles. The van der Waals surface area contributed by atoms with Gasteiger partial charge in [-0.1, -0.05) is 18.2 Å². The highest BCUT2D eigenvalue weighted by atomic mass is 16.7. The largest absolute Gasteiger partial charge is 0.494 e. The van der Waals surface area contributed by atoms with E-state index in [1.54, 1.807) is 0 Å². The van der Waals surface area contributed by atoms with Gasteiger partial charge in [0.25, 0.3) is 0 Å². The van der Waals surface area contributed by atoms with Gasteiger partial charge in [0.1, 0.15) is 5.70 Å². The van der Waals surface area contributed by atoms with Crippen molar-refractivity contribution < 1.29 is 18.8 Å². The Labute approximate surface area is 131 Å². The lowest BCUT2D eigenvalue weighted by Gasteiger charge is -2.32. The normalized spacial score (nSPS) is 31.2. The summed E-state index contributed by atoms with van der Waals surface area (Å²) < 4.78 is 16.9. The van der Waals surface area contributed by atoms with Crippen LogP contribution in [0.3, 0.4) is 0 Å². The number of methoxy groups -OCH3 is 1.